The van der Waals surface area contributed by atoms with Crippen LogP contribution in [0.3, 0.4) is 0 Å². The summed E-state index contributed by atoms with van der Waals surface area (Å²) in [6, 6.07) is 0. The van der Waals surface area contributed by atoms with Gasteiger partial charge in [0.2, 0.25) is 0 Å². The Morgan fingerprint density at radius 1 is 1.07 bits per heavy atom. The third-order valence-electron chi connectivity index (χ3n) is 9.52. The predicted molar refractivity (Wildman–Crippen MR) is 114 cm³/mol. The molecule has 0 radical (unpaired) electrons. The van der Waals surface area contributed by atoms with Crippen LogP contribution in [0.4, 0.5) is 0 Å². The Morgan fingerprint density at radius 3 is 2.57 bits per heavy atom. The van der Waals surface area contributed by atoms with E-state index in [9.17, 15) is 4.79 Å². The number of hydrazine groups is 1. The number of carbonyl (C=O) groups is 1. The Labute approximate surface area is 171 Å². The number of rotatable bonds is 4. The maximum atomic E-state index is 13.2. The number of carbonyl (C=O) groups excluding carboxylic acids is 1. The lowest BCUT2D eigenvalue weighted by atomic mass is 9.49. The monoisotopic (exact) mass is 387 g/mol. The molecule has 0 saturated heterocycles. The van der Waals surface area contributed by atoms with E-state index in [-0.39, 0.29) is 17.9 Å². The van der Waals surface area contributed by atoms with Gasteiger partial charge in [-0.3, -0.25) is 4.79 Å². The summed E-state index contributed by atoms with van der Waals surface area (Å²) in [5.41, 5.74) is 5.61. The highest BCUT2D eigenvalue weighted by atomic mass is 16.1. The van der Waals surface area contributed by atoms with Crippen molar-refractivity contribution in [3.05, 3.63) is 12.4 Å². The average Bonchev–Trinajstić information content (AvgIpc) is 2.91. The SMILES string of the molecule is CC1CCC2C(CCC3C2CCC2(C)C3CC(C)C2C(=O)CN(N)/C=C\N)C1. The number of nitrogens with two attached hydrogens (primary N) is 2. The molecule has 0 heterocycles. The number of ketones is 1. The largest absolute Gasteiger partial charge is 0.403 e. The highest BCUT2D eigenvalue weighted by Gasteiger charge is 2.60. The van der Waals surface area contributed by atoms with Crippen LogP contribution >= 0.6 is 0 Å². The molecule has 4 saturated carbocycles. The fourth-order valence-corrected chi connectivity index (χ4v) is 8.58. The second-order valence-corrected chi connectivity index (χ2v) is 11.1. The van der Waals surface area contributed by atoms with Crippen LogP contribution in [0.1, 0.15) is 72.1 Å². The zero-order valence-electron chi connectivity index (χ0n) is 18.1. The number of hydrogen-bond acceptors (Lipinski definition) is 4. The second-order valence-electron chi connectivity index (χ2n) is 11.1. The molecule has 9 atom stereocenters. The Morgan fingerprint density at radius 2 is 1.82 bits per heavy atom. The van der Waals surface area contributed by atoms with Crippen LogP contribution in [0.25, 0.3) is 0 Å². The van der Waals surface area contributed by atoms with E-state index in [1.165, 1.54) is 62.6 Å². The van der Waals surface area contributed by atoms with Crippen molar-refractivity contribution < 1.29 is 4.79 Å². The molecule has 0 amide bonds. The molecule has 0 aromatic heterocycles. The topological polar surface area (TPSA) is 72.3 Å². The van der Waals surface area contributed by atoms with Crippen LogP contribution < -0.4 is 11.6 Å². The number of hydrogen-bond donors (Lipinski definition) is 2. The lowest BCUT2D eigenvalue weighted by Gasteiger charge is -2.56. The minimum Gasteiger partial charge on any atom is -0.403 e. The lowest BCUT2D eigenvalue weighted by molar-refractivity contribution is -0.132. The van der Waals surface area contributed by atoms with Crippen molar-refractivity contribution in [3.8, 4) is 0 Å². The van der Waals surface area contributed by atoms with Gasteiger partial charge in [-0.25, -0.2) is 5.84 Å². The van der Waals surface area contributed by atoms with Crippen molar-refractivity contribution in [1.29, 1.82) is 0 Å². The van der Waals surface area contributed by atoms with Gasteiger partial charge in [-0.05, 0) is 91.8 Å². The third kappa shape index (κ3) is 3.30. The lowest BCUT2D eigenvalue weighted by Crippen LogP contribution is -2.50. The third-order valence-corrected chi connectivity index (χ3v) is 9.52. The Hall–Kier alpha value is -1.03. The van der Waals surface area contributed by atoms with Gasteiger partial charge in [0.1, 0.15) is 0 Å². The number of nitrogens with zero attached hydrogens (tertiary/aromatic N) is 1. The van der Waals surface area contributed by atoms with Crippen molar-refractivity contribution in [3.63, 3.8) is 0 Å². The summed E-state index contributed by atoms with van der Waals surface area (Å²) in [6.45, 7) is 7.49. The van der Waals surface area contributed by atoms with E-state index in [0.29, 0.717) is 11.7 Å². The fraction of sp³-hybridized carbons (Fsp3) is 0.875. The maximum Gasteiger partial charge on any atom is 0.157 e. The summed E-state index contributed by atoms with van der Waals surface area (Å²) in [6.07, 6.45) is 14.0. The Balaban J connectivity index is 1.52. The van der Waals surface area contributed by atoms with Crippen LogP contribution in [0.2, 0.25) is 0 Å². The first-order chi connectivity index (χ1) is 13.3. The Bertz CT molecular complexity index is 619. The van der Waals surface area contributed by atoms with Crippen LogP contribution in [0.5, 0.6) is 0 Å². The van der Waals surface area contributed by atoms with E-state index < -0.39 is 0 Å². The van der Waals surface area contributed by atoms with Gasteiger partial charge in [0.05, 0.1) is 6.54 Å². The van der Waals surface area contributed by atoms with Crippen molar-refractivity contribution >= 4 is 5.78 Å². The molecule has 4 N–H and O–H groups in total. The molecule has 4 aliphatic rings. The molecule has 4 rings (SSSR count). The molecule has 4 aliphatic carbocycles. The van der Waals surface area contributed by atoms with Crippen LogP contribution in [-0.4, -0.2) is 17.3 Å². The molecule has 4 nitrogen and oxygen atoms in total. The highest BCUT2D eigenvalue weighted by molar-refractivity contribution is 5.84. The standard InChI is InChI=1S/C24H41N3O/c1-15-4-6-18-17(12-15)5-7-20-19(18)8-9-24(3)21(20)13-16(2)23(24)22(28)14-27(26)11-10-25/h10-11,15-21,23H,4-9,12-14,25-26H2,1-3H3/b11-10-. The van der Waals surface area contributed by atoms with Gasteiger partial charge < -0.3 is 10.7 Å². The summed E-state index contributed by atoms with van der Waals surface area (Å²) >= 11 is 0. The van der Waals surface area contributed by atoms with E-state index >= 15 is 0 Å². The summed E-state index contributed by atoms with van der Waals surface area (Å²) in [5.74, 6) is 12.3. The first kappa shape index (κ1) is 20.3. The summed E-state index contributed by atoms with van der Waals surface area (Å²) in [7, 11) is 0. The Kier molecular flexibility index (Phi) is 5.54. The van der Waals surface area contributed by atoms with Gasteiger partial charge in [0.15, 0.2) is 5.78 Å². The van der Waals surface area contributed by atoms with E-state index in [4.69, 9.17) is 11.6 Å². The van der Waals surface area contributed by atoms with E-state index in [1.54, 1.807) is 6.20 Å². The van der Waals surface area contributed by atoms with Crippen molar-refractivity contribution in [1.82, 2.24) is 5.01 Å². The smallest absolute Gasteiger partial charge is 0.157 e. The summed E-state index contributed by atoms with van der Waals surface area (Å²) in [4.78, 5) is 13.2. The molecule has 4 heteroatoms. The summed E-state index contributed by atoms with van der Waals surface area (Å²) < 4.78 is 0. The van der Waals surface area contributed by atoms with E-state index in [1.807, 2.05) is 0 Å². The normalized spacial score (nSPS) is 48.0. The average molecular weight is 388 g/mol. The van der Waals surface area contributed by atoms with E-state index in [2.05, 4.69) is 20.8 Å². The molecular weight excluding hydrogens is 346 g/mol. The van der Waals surface area contributed by atoms with Crippen molar-refractivity contribution in [2.75, 3.05) is 6.54 Å². The van der Waals surface area contributed by atoms with Gasteiger partial charge in [-0.15, -0.1) is 0 Å². The molecule has 158 valence electrons. The van der Waals surface area contributed by atoms with Gasteiger partial charge in [0, 0.05) is 18.3 Å². The number of fused-ring (bicyclic) bond motifs is 5. The van der Waals surface area contributed by atoms with Gasteiger partial charge in [-0.1, -0.05) is 27.2 Å². The molecule has 0 aromatic rings. The highest BCUT2D eigenvalue weighted by Crippen LogP contribution is 2.65. The van der Waals surface area contributed by atoms with Crippen LogP contribution in [0.15, 0.2) is 12.4 Å². The second kappa shape index (κ2) is 7.66. The van der Waals surface area contributed by atoms with Gasteiger partial charge in [-0.2, -0.15) is 0 Å². The zero-order valence-corrected chi connectivity index (χ0v) is 18.1. The molecule has 0 aliphatic heterocycles. The van der Waals surface area contributed by atoms with Gasteiger partial charge >= 0.3 is 0 Å². The molecule has 0 aromatic carbocycles. The van der Waals surface area contributed by atoms with E-state index in [0.717, 1.165) is 35.5 Å². The molecule has 0 spiro atoms. The maximum absolute atomic E-state index is 13.2. The molecular formula is C24H41N3O. The minimum atomic E-state index is 0.153. The van der Waals surface area contributed by atoms with Crippen molar-refractivity contribution in [2.45, 2.75) is 72.1 Å². The molecule has 4 fully saturated rings. The zero-order chi connectivity index (χ0) is 20.1. The fourth-order valence-electron chi connectivity index (χ4n) is 8.58. The first-order valence-corrected chi connectivity index (χ1v) is 11.8. The predicted octanol–water partition coefficient (Wildman–Crippen LogP) is 4.31. The molecule has 9 unspecified atom stereocenters. The van der Waals surface area contributed by atoms with Crippen LogP contribution in [-0.2, 0) is 4.79 Å². The minimum absolute atomic E-state index is 0.153. The molecule has 0 bridgehead atoms. The van der Waals surface area contributed by atoms with Gasteiger partial charge in [0.25, 0.3) is 0 Å². The first-order valence-electron chi connectivity index (χ1n) is 11.8. The summed E-state index contributed by atoms with van der Waals surface area (Å²) in [5, 5.41) is 1.45. The quantitative estimate of drug-likeness (QED) is 0.557. The number of Topliss-reactive ketones (excluding diaryl/α,β-unsaturated/α-hetero) is 1. The molecule has 28 heavy (non-hydrogen) atoms. The van der Waals surface area contributed by atoms with Crippen LogP contribution in [0, 0.1) is 52.8 Å². The van der Waals surface area contributed by atoms with Crippen molar-refractivity contribution in [2.24, 2.45) is 64.3 Å².